The molecule has 2 rings (SSSR count). The second-order valence-electron chi connectivity index (χ2n) is 5.53. The molecule has 1 heterocycles. The van der Waals surface area contributed by atoms with Crippen LogP contribution >= 0.6 is 0 Å². The van der Waals surface area contributed by atoms with Gasteiger partial charge in [0, 0.05) is 24.8 Å². The Balaban J connectivity index is 1.82. The summed E-state index contributed by atoms with van der Waals surface area (Å²) in [5, 5.41) is 0. The number of hydrogen-bond donors (Lipinski definition) is 1. The maximum absolute atomic E-state index is 5.81. The van der Waals surface area contributed by atoms with E-state index in [2.05, 4.69) is 36.0 Å². The van der Waals surface area contributed by atoms with Gasteiger partial charge in [-0.15, -0.1) is 0 Å². The van der Waals surface area contributed by atoms with Crippen molar-refractivity contribution in [3.63, 3.8) is 0 Å². The Labute approximate surface area is 111 Å². The van der Waals surface area contributed by atoms with Crippen LogP contribution in [0.3, 0.4) is 0 Å². The molecule has 0 bridgehead atoms. The average molecular weight is 247 g/mol. The highest BCUT2D eigenvalue weighted by atomic mass is 15.2. The van der Waals surface area contributed by atoms with Crippen molar-refractivity contribution >= 4 is 5.69 Å². The lowest BCUT2D eigenvalue weighted by Crippen LogP contribution is -2.45. The molecule has 1 aliphatic rings. The highest BCUT2D eigenvalue weighted by Gasteiger charge is 2.20. The van der Waals surface area contributed by atoms with Crippen molar-refractivity contribution in [1.82, 2.24) is 9.80 Å². The third kappa shape index (κ3) is 3.72. The van der Waals surface area contributed by atoms with Gasteiger partial charge >= 0.3 is 0 Å². The zero-order valence-corrected chi connectivity index (χ0v) is 11.6. The molecule has 3 heteroatoms. The minimum Gasteiger partial charge on any atom is -0.399 e. The average Bonchev–Trinajstić information content (AvgIpc) is 2.36. The predicted molar refractivity (Wildman–Crippen MR) is 77.7 cm³/mol. The second kappa shape index (κ2) is 6.21. The lowest BCUT2D eigenvalue weighted by Gasteiger charge is -2.35. The Morgan fingerprint density at radius 2 is 2.28 bits per heavy atom. The monoisotopic (exact) mass is 247 g/mol. The van der Waals surface area contributed by atoms with Gasteiger partial charge in [0.25, 0.3) is 0 Å². The minimum atomic E-state index is 0.713. The Hall–Kier alpha value is -1.06. The van der Waals surface area contributed by atoms with E-state index in [-0.39, 0.29) is 0 Å². The van der Waals surface area contributed by atoms with Gasteiger partial charge in [0.2, 0.25) is 0 Å². The molecule has 18 heavy (non-hydrogen) atoms. The predicted octanol–water partition coefficient (Wildman–Crippen LogP) is 1.84. The van der Waals surface area contributed by atoms with E-state index in [1.165, 1.54) is 31.5 Å². The summed E-state index contributed by atoms with van der Waals surface area (Å²) in [6, 6.07) is 8.95. The van der Waals surface area contributed by atoms with E-state index in [1.54, 1.807) is 0 Å². The normalized spacial score (nSPS) is 21.4. The van der Waals surface area contributed by atoms with Gasteiger partial charge in [0.1, 0.15) is 0 Å². The smallest absolute Gasteiger partial charge is 0.0316 e. The van der Waals surface area contributed by atoms with Crippen LogP contribution < -0.4 is 5.73 Å². The lowest BCUT2D eigenvalue weighted by molar-refractivity contribution is 0.135. The van der Waals surface area contributed by atoms with Crippen LogP contribution in [0.2, 0.25) is 0 Å². The maximum Gasteiger partial charge on any atom is 0.0316 e. The Morgan fingerprint density at radius 1 is 1.44 bits per heavy atom. The van der Waals surface area contributed by atoms with Crippen LogP contribution in [-0.4, -0.2) is 49.6 Å². The van der Waals surface area contributed by atoms with Crippen LogP contribution in [0.15, 0.2) is 24.3 Å². The van der Waals surface area contributed by atoms with Gasteiger partial charge < -0.3 is 15.5 Å². The standard InChI is InChI=1S/C15H25N3/c1-17-9-4-7-15(12-17)18(2)10-8-13-5-3-6-14(16)11-13/h3,5-6,11,15H,4,7-10,12,16H2,1-2H3. The van der Waals surface area contributed by atoms with E-state index in [0.29, 0.717) is 6.04 Å². The SMILES string of the molecule is CN1CCCC(N(C)CCc2cccc(N)c2)C1. The molecule has 0 aliphatic carbocycles. The largest absolute Gasteiger partial charge is 0.399 e. The van der Waals surface area contributed by atoms with Crippen LogP contribution in [0.5, 0.6) is 0 Å². The fourth-order valence-electron chi connectivity index (χ4n) is 2.74. The fraction of sp³-hybridized carbons (Fsp3) is 0.600. The van der Waals surface area contributed by atoms with Crippen molar-refractivity contribution in [2.24, 2.45) is 0 Å². The van der Waals surface area contributed by atoms with Gasteiger partial charge in [-0.2, -0.15) is 0 Å². The summed E-state index contributed by atoms with van der Waals surface area (Å²) >= 11 is 0. The Morgan fingerprint density at radius 3 is 3.00 bits per heavy atom. The Kier molecular flexibility index (Phi) is 4.61. The summed E-state index contributed by atoms with van der Waals surface area (Å²) in [5.74, 6) is 0. The van der Waals surface area contributed by atoms with Gasteiger partial charge in [0.15, 0.2) is 0 Å². The van der Waals surface area contributed by atoms with Crippen molar-refractivity contribution in [1.29, 1.82) is 0 Å². The summed E-state index contributed by atoms with van der Waals surface area (Å²) < 4.78 is 0. The summed E-state index contributed by atoms with van der Waals surface area (Å²) in [6.07, 6.45) is 3.74. The number of piperidine rings is 1. The summed E-state index contributed by atoms with van der Waals surface area (Å²) in [4.78, 5) is 4.93. The van der Waals surface area contributed by atoms with Crippen LogP contribution in [0, 0.1) is 0 Å². The summed E-state index contributed by atoms with van der Waals surface area (Å²) in [7, 11) is 4.47. The first-order chi connectivity index (χ1) is 8.65. The highest BCUT2D eigenvalue weighted by Crippen LogP contribution is 2.14. The zero-order valence-electron chi connectivity index (χ0n) is 11.6. The highest BCUT2D eigenvalue weighted by molar-refractivity contribution is 5.40. The van der Waals surface area contributed by atoms with E-state index < -0.39 is 0 Å². The van der Waals surface area contributed by atoms with Crippen molar-refractivity contribution < 1.29 is 0 Å². The number of nitrogens with zero attached hydrogens (tertiary/aromatic N) is 2. The van der Waals surface area contributed by atoms with E-state index in [0.717, 1.165) is 18.7 Å². The molecule has 3 nitrogen and oxygen atoms in total. The lowest BCUT2D eigenvalue weighted by atomic mass is 10.0. The molecular weight excluding hydrogens is 222 g/mol. The number of nitrogens with two attached hydrogens (primary N) is 1. The van der Waals surface area contributed by atoms with E-state index in [4.69, 9.17) is 5.73 Å². The van der Waals surface area contributed by atoms with Crippen LogP contribution in [0.4, 0.5) is 5.69 Å². The number of likely N-dealkylation sites (tertiary alicyclic amines) is 1. The van der Waals surface area contributed by atoms with Crippen molar-refractivity contribution in [2.45, 2.75) is 25.3 Å². The quantitative estimate of drug-likeness (QED) is 0.824. The van der Waals surface area contributed by atoms with Crippen LogP contribution in [-0.2, 0) is 6.42 Å². The molecule has 100 valence electrons. The van der Waals surface area contributed by atoms with Crippen molar-refractivity contribution in [2.75, 3.05) is 39.5 Å². The van der Waals surface area contributed by atoms with Gasteiger partial charge in [0.05, 0.1) is 0 Å². The number of hydrogen-bond acceptors (Lipinski definition) is 3. The molecule has 2 N–H and O–H groups in total. The molecular formula is C15H25N3. The van der Waals surface area contributed by atoms with E-state index in [9.17, 15) is 0 Å². The van der Waals surface area contributed by atoms with Crippen LogP contribution in [0.1, 0.15) is 18.4 Å². The molecule has 1 aliphatic heterocycles. The summed E-state index contributed by atoms with van der Waals surface area (Å²) in [6.45, 7) is 3.56. The molecule has 1 aromatic rings. The van der Waals surface area contributed by atoms with Gasteiger partial charge in [-0.25, -0.2) is 0 Å². The molecule has 1 fully saturated rings. The fourth-order valence-corrected chi connectivity index (χ4v) is 2.74. The topological polar surface area (TPSA) is 32.5 Å². The van der Waals surface area contributed by atoms with Crippen molar-refractivity contribution in [3.8, 4) is 0 Å². The molecule has 0 aromatic heterocycles. The van der Waals surface area contributed by atoms with Crippen LogP contribution in [0.25, 0.3) is 0 Å². The summed E-state index contributed by atoms with van der Waals surface area (Å²) in [5.41, 5.74) is 8.01. The van der Waals surface area contributed by atoms with E-state index >= 15 is 0 Å². The van der Waals surface area contributed by atoms with Crippen molar-refractivity contribution in [3.05, 3.63) is 29.8 Å². The minimum absolute atomic E-state index is 0.713. The number of nitrogen functional groups attached to an aromatic ring is 1. The van der Waals surface area contributed by atoms with Gasteiger partial charge in [-0.3, -0.25) is 0 Å². The molecule has 0 saturated carbocycles. The molecule has 1 saturated heterocycles. The molecule has 1 unspecified atom stereocenters. The first-order valence-corrected chi connectivity index (χ1v) is 6.88. The van der Waals surface area contributed by atoms with Gasteiger partial charge in [-0.05, 0) is 57.6 Å². The second-order valence-corrected chi connectivity index (χ2v) is 5.53. The van der Waals surface area contributed by atoms with Gasteiger partial charge in [-0.1, -0.05) is 12.1 Å². The first kappa shape index (κ1) is 13.4. The number of anilines is 1. The molecule has 0 spiro atoms. The first-order valence-electron chi connectivity index (χ1n) is 6.88. The maximum atomic E-state index is 5.81. The third-order valence-electron chi connectivity index (χ3n) is 3.93. The molecule has 0 radical (unpaired) electrons. The number of benzene rings is 1. The number of likely N-dealkylation sites (N-methyl/N-ethyl adjacent to an activating group) is 2. The molecule has 0 amide bonds. The molecule has 1 atom stereocenters. The molecule has 1 aromatic carbocycles. The van der Waals surface area contributed by atoms with E-state index in [1.807, 2.05) is 12.1 Å². The Bertz CT molecular complexity index is 378. The number of rotatable bonds is 4. The zero-order chi connectivity index (χ0) is 13.0. The third-order valence-corrected chi connectivity index (χ3v) is 3.93.